The van der Waals surface area contributed by atoms with E-state index in [0.29, 0.717) is 31.0 Å². The number of likely N-dealkylation sites (tertiary alicyclic amines) is 1. The molecule has 138 valence electrons. The van der Waals surface area contributed by atoms with E-state index in [1.807, 2.05) is 45.9 Å². The maximum Gasteiger partial charge on any atom is 0.410 e. The number of amides is 1. The fraction of sp³-hybridized carbons (Fsp3) is 0.579. The first-order valence-corrected chi connectivity index (χ1v) is 9.21. The molecule has 4 nitrogen and oxygen atoms in total. The Hall–Kier alpha value is -1.26. The highest BCUT2D eigenvalue weighted by Crippen LogP contribution is 2.41. The summed E-state index contributed by atoms with van der Waals surface area (Å²) in [7, 11) is 0. The summed E-state index contributed by atoms with van der Waals surface area (Å²) in [6.45, 7) is 8.52. The first-order valence-electron chi connectivity index (χ1n) is 8.45. The second-order valence-electron chi connectivity index (χ2n) is 7.74. The minimum absolute atomic E-state index is 0.232. The molecule has 1 heterocycles. The van der Waals surface area contributed by atoms with Crippen LogP contribution in [0, 0.1) is 6.92 Å². The maximum atomic E-state index is 12.3. The predicted molar refractivity (Wildman–Crippen MR) is 100 cm³/mol. The molecule has 0 atom stereocenters. The minimum atomic E-state index is -0.526. The van der Waals surface area contributed by atoms with E-state index in [0.717, 1.165) is 11.1 Å². The number of piperidine rings is 1. The molecule has 1 aliphatic heterocycles. The van der Waals surface area contributed by atoms with E-state index in [-0.39, 0.29) is 17.8 Å². The molecule has 0 bridgehead atoms. The van der Waals surface area contributed by atoms with Crippen LogP contribution in [0.25, 0.3) is 0 Å². The smallest absolute Gasteiger partial charge is 0.410 e. The monoisotopic (exact) mass is 385 g/mol. The van der Waals surface area contributed by atoms with Crippen LogP contribution in [0.1, 0.15) is 51.2 Å². The van der Waals surface area contributed by atoms with Crippen LogP contribution in [-0.2, 0) is 14.9 Å². The van der Waals surface area contributed by atoms with Crippen LogP contribution in [0.5, 0.6) is 0 Å². The Morgan fingerprint density at radius 3 is 2.32 bits per heavy atom. The number of nitrogens with zero attached hydrogens (tertiary/aromatic N) is 1. The topological polar surface area (TPSA) is 46.6 Å². The normalized spacial score (nSPS) is 17.3. The van der Waals surface area contributed by atoms with Crippen molar-refractivity contribution in [3.8, 4) is 0 Å². The SMILES string of the molecule is Cc1ccc(C2(CC(=O)Cl)CCN(C(=O)OC(C)(C)C)CC2)cc1Cl. The molecular weight excluding hydrogens is 361 g/mol. The lowest BCUT2D eigenvalue weighted by Crippen LogP contribution is -2.47. The summed E-state index contributed by atoms with van der Waals surface area (Å²) < 4.78 is 5.44. The summed E-state index contributed by atoms with van der Waals surface area (Å²) in [5, 5.41) is 0.302. The fourth-order valence-corrected chi connectivity index (χ4v) is 3.64. The number of aryl methyl sites for hydroxylation is 1. The molecule has 0 aromatic heterocycles. The summed E-state index contributed by atoms with van der Waals surface area (Å²) in [6.07, 6.45) is 1.20. The van der Waals surface area contributed by atoms with E-state index in [4.69, 9.17) is 27.9 Å². The Bertz CT molecular complexity index is 659. The van der Waals surface area contributed by atoms with Crippen LogP contribution >= 0.6 is 23.2 Å². The molecule has 25 heavy (non-hydrogen) atoms. The Morgan fingerprint density at radius 2 is 1.84 bits per heavy atom. The van der Waals surface area contributed by atoms with Gasteiger partial charge in [0, 0.05) is 29.9 Å². The van der Waals surface area contributed by atoms with Crippen LogP contribution in [0.15, 0.2) is 18.2 Å². The molecule has 1 saturated heterocycles. The Kier molecular flexibility index (Phi) is 6.05. The van der Waals surface area contributed by atoms with E-state index in [1.54, 1.807) is 4.90 Å². The third kappa shape index (κ3) is 5.11. The van der Waals surface area contributed by atoms with Crippen LogP contribution in [0.2, 0.25) is 5.02 Å². The Balaban J connectivity index is 2.20. The van der Waals surface area contributed by atoms with Crippen molar-refractivity contribution in [1.29, 1.82) is 0 Å². The molecule has 0 spiro atoms. The number of carbonyl (C=O) groups is 2. The van der Waals surface area contributed by atoms with Gasteiger partial charge < -0.3 is 9.64 Å². The molecule has 6 heteroatoms. The highest BCUT2D eigenvalue weighted by molar-refractivity contribution is 6.63. The van der Waals surface area contributed by atoms with E-state index in [9.17, 15) is 9.59 Å². The van der Waals surface area contributed by atoms with Crippen molar-refractivity contribution in [3.63, 3.8) is 0 Å². The molecule has 2 rings (SSSR count). The minimum Gasteiger partial charge on any atom is -0.444 e. The number of rotatable bonds is 3. The van der Waals surface area contributed by atoms with Crippen LogP contribution in [0.4, 0.5) is 4.79 Å². The molecule has 1 aliphatic rings. The quantitative estimate of drug-likeness (QED) is 0.682. The fourth-order valence-electron chi connectivity index (χ4n) is 3.20. The zero-order chi connectivity index (χ0) is 18.8. The Labute approximate surface area is 159 Å². The number of benzene rings is 1. The average molecular weight is 386 g/mol. The van der Waals surface area contributed by atoms with E-state index >= 15 is 0 Å². The van der Waals surface area contributed by atoms with Crippen molar-refractivity contribution in [1.82, 2.24) is 4.90 Å². The third-order valence-corrected chi connectivity index (χ3v) is 5.17. The highest BCUT2D eigenvalue weighted by atomic mass is 35.5. The lowest BCUT2D eigenvalue weighted by atomic mass is 9.70. The van der Waals surface area contributed by atoms with Gasteiger partial charge in [-0.3, -0.25) is 4.79 Å². The highest BCUT2D eigenvalue weighted by Gasteiger charge is 2.40. The standard InChI is InChI=1S/C19H25Cl2NO3/c1-13-5-6-14(11-15(13)20)19(12-16(21)23)7-9-22(10-8-19)17(24)25-18(2,3)4/h5-6,11H,7-10,12H2,1-4H3. The summed E-state index contributed by atoms with van der Waals surface area (Å²) in [5.74, 6) is 0. The van der Waals surface area contributed by atoms with Gasteiger partial charge in [-0.1, -0.05) is 23.7 Å². The van der Waals surface area contributed by atoms with Gasteiger partial charge in [0.2, 0.25) is 5.24 Å². The molecule has 1 fully saturated rings. The number of hydrogen-bond acceptors (Lipinski definition) is 3. The van der Waals surface area contributed by atoms with Crippen LogP contribution in [0.3, 0.4) is 0 Å². The van der Waals surface area contributed by atoms with E-state index in [1.165, 1.54) is 0 Å². The van der Waals surface area contributed by atoms with Crippen molar-refractivity contribution in [2.45, 2.75) is 58.0 Å². The molecule has 1 amide bonds. The van der Waals surface area contributed by atoms with Crippen molar-refractivity contribution >= 4 is 34.5 Å². The molecule has 1 aromatic rings. The van der Waals surface area contributed by atoms with Crippen molar-refractivity contribution in [2.24, 2.45) is 0 Å². The lowest BCUT2D eigenvalue weighted by Gasteiger charge is -2.42. The molecule has 1 aromatic carbocycles. The predicted octanol–water partition coefficient (Wildman–Crippen LogP) is 5.07. The van der Waals surface area contributed by atoms with Crippen molar-refractivity contribution in [3.05, 3.63) is 34.3 Å². The van der Waals surface area contributed by atoms with Gasteiger partial charge in [-0.15, -0.1) is 0 Å². The van der Waals surface area contributed by atoms with Gasteiger partial charge in [0.15, 0.2) is 0 Å². The van der Waals surface area contributed by atoms with Gasteiger partial charge in [-0.25, -0.2) is 4.79 Å². The van der Waals surface area contributed by atoms with Crippen molar-refractivity contribution in [2.75, 3.05) is 13.1 Å². The van der Waals surface area contributed by atoms with E-state index < -0.39 is 11.0 Å². The van der Waals surface area contributed by atoms with Crippen molar-refractivity contribution < 1.29 is 14.3 Å². The zero-order valence-corrected chi connectivity index (χ0v) is 16.7. The Morgan fingerprint density at radius 1 is 1.24 bits per heavy atom. The summed E-state index contributed by atoms with van der Waals surface area (Å²) in [4.78, 5) is 25.6. The van der Waals surface area contributed by atoms with Gasteiger partial charge in [0.05, 0.1) is 0 Å². The molecule has 0 N–H and O–H groups in total. The van der Waals surface area contributed by atoms with Gasteiger partial charge in [0.1, 0.15) is 5.60 Å². The average Bonchev–Trinajstić information content (AvgIpc) is 2.48. The summed E-state index contributed by atoms with van der Waals surface area (Å²) >= 11 is 12.0. The third-order valence-electron chi connectivity index (χ3n) is 4.63. The summed E-state index contributed by atoms with van der Waals surface area (Å²) in [6, 6.07) is 5.88. The first kappa shape index (κ1) is 20.1. The second-order valence-corrected chi connectivity index (χ2v) is 8.57. The van der Waals surface area contributed by atoms with Gasteiger partial charge in [-0.2, -0.15) is 0 Å². The van der Waals surface area contributed by atoms with Crippen LogP contribution in [-0.4, -0.2) is 34.9 Å². The van der Waals surface area contributed by atoms with Gasteiger partial charge in [-0.05, 0) is 69.3 Å². The number of hydrogen-bond donors (Lipinski definition) is 0. The first-order chi connectivity index (χ1) is 11.5. The molecule has 0 aliphatic carbocycles. The van der Waals surface area contributed by atoms with Gasteiger partial charge >= 0.3 is 6.09 Å². The maximum absolute atomic E-state index is 12.3. The number of ether oxygens (including phenoxy) is 1. The number of halogens is 2. The molecule has 0 unspecified atom stereocenters. The number of carbonyl (C=O) groups excluding carboxylic acids is 2. The largest absolute Gasteiger partial charge is 0.444 e. The zero-order valence-electron chi connectivity index (χ0n) is 15.2. The van der Waals surface area contributed by atoms with Gasteiger partial charge in [0.25, 0.3) is 0 Å². The molecular formula is C19H25Cl2NO3. The second kappa shape index (κ2) is 7.55. The molecule has 0 saturated carbocycles. The van der Waals surface area contributed by atoms with Crippen LogP contribution < -0.4 is 0 Å². The summed E-state index contributed by atoms with van der Waals surface area (Å²) in [5.41, 5.74) is 1.07. The van der Waals surface area contributed by atoms with E-state index in [2.05, 4.69) is 0 Å². The lowest BCUT2D eigenvalue weighted by molar-refractivity contribution is -0.113. The molecule has 0 radical (unpaired) electrons.